The lowest BCUT2D eigenvalue weighted by Gasteiger charge is -2.35. The molecule has 0 spiro atoms. The van der Waals surface area contributed by atoms with E-state index in [2.05, 4.69) is 0 Å². The van der Waals surface area contributed by atoms with Gasteiger partial charge in [0.15, 0.2) is 0 Å². The Morgan fingerprint density at radius 2 is 1.12 bits per heavy atom. The van der Waals surface area contributed by atoms with Crippen LogP contribution in [-0.4, -0.2) is 23.1 Å². The molecule has 0 saturated heterocycles. The Balaban J connectivity index is 1.34. The third-order valence-corrected chi connectivity index (χ3v) is 11.5. The van der Waals surface area contributed by atoms with Gasteiger partial charge in [0.25, 0.3) is 0 Å². The minimum atomic E-state index is 0.456. The van der Waals surface area contributed by atoms with Crippen molar-refractivity contribution in [3.05, 3.63) is 0 Å². The van der Waals surface area contributed by atoms with Crippen molar-refractivity contribution in [3.63, 3.8) is 0 Å². The highest BCUT2D eigenvalue weighted by Gasteiger charge is 2.37. The number of thiol groups is 2. The molecule has 9 unspecified atom stereocenters. The molecule has 0 bridgehead atoms. The topological polar surface area (TPSA) is 52.0 Å². The summed E-state index contributed by atoms with van der Waals surface area (Å²) >= 11 is 10.3. The van der Waals surface area contributed by atoms with Gasteiger partial charge in [0, 0.05) is 16.5 Å². The molecule has 4 aliphatic carbocycles. The highest BCUT2D eigenvalue weighted by Crippen LogP contribution is 2.47. The minimum Gasteiger partial charge on any atom is -0.330 e. The largest absolute Gasteiger partial charge is 0.330 e. The molecule has 0 aromatic heterocycles. The van der Waals surface area contributed by atoms with E-state index >= 15 is 0 Å². The van der Waals surface area contributed by atoms with Crippen LogP contribution in [0.25, 0.3) is 0 Å². The SMILES string of the molecule is NCC(C1CCCCC1)C1CCC(C2CCC(C3CCCC(N)CC3)CC(S)C2)CC(S)C1. The van der Waals surface area contributed by atoms with Gasteiger partial charge in [0.2, 0.25) is 0 Å². The van der Waals surface area contributed by atoms with Crippen molar-refractivity contribution in [1.29, 1.82) is 0 Å². The van der Waals surface area contributed by atoms with Crippen LogP contribution in [0.15, 0.2) is 0 Å². The number of nitrogens with two attached hydrogens (primary N) is 2. The van der Waals surface area contributed by atoms with Gasteiger partial charge in [-0.25, -0.2) is 0 Å². The molecule has 0 aromatic rings. The van der Waals surface area contributed by atoms with E-state index in [0.29, 0.717) is 16.5 Å². The van der Waals surface area contributed by atoms with Crippen LogP contribution in [0.4, 0.5) is 0 Å². The lowest BCUT2D eigenvalue weighted by Crippen LogP contribution is -2.32. The standard InChI is InChI=1S/C29H54N2S2/c30-19-29(21-5-2-1-3-6-21)25-12-11-24(17-28(33)18-25)23-10-9-22(15-27(32)16-23)20-7-4-8-26(31)14-13-20/h20-29,32-33H,1-19,30-31H2. The van der Waals surface area contributed by atoms with Crippen molar-refractivity contribution in [1.82, 2.24) is 0 Å². The zero-order valence-corrected chi connectivity index (χ0v) is 23.0. The van der Waals surface area contributed by atoms with Crippen molar-refractivity contribution < 1.29 is 0 Å². The van der Waals surface area contributed by atoms with Crippen LogP contribution >= 0.6 is 25.3 Å². The smallest absolute Gasteiger partial charge is 0.00389 e. The second kappa shape index (κ2) is 13.2. The zero-order valence-electron chi connectivity index (χ0n) is 21.3. The molecule has 33 heavy (non-hydrogen) atoms. The van der Waals surface area contributed by atoms with Gasteiger partial charge in [-0.3, -0.25) is 0 Å². The lowest BCUT2D eigenvalue weighted by atomic mass is 9.71. The summed E-state index contributed by atoms with van der Waals surface area (Å²) in [6.07, 6.45) is 24.8. The molecule has 0 amide bonds. The second-order valence-corrected chi connectivity index (χ2v) is 14.2. The van der Waals surface area contributed by atoms with E-state index in [1.807, 2.05) is 0 Å². The fourth-order valence-corrected chi connectivity index (χ4v) is 9.84. The summed E-state index contributed by atoms with van der Waals surface area (Å²) in [7, 11) is 0. The van der Waals surface area contributed by atoms with Crippen LogP contribution in [0.1, 0.15) is 116 Å². The van der Waals surface area contributed by atoms with Gasteiger partial charge in [-0.1, -0.05) is 44.9 Å². The van der Waals surface area contributed by atoms with Gasteiger partial charge >= 0.3 is 0 Å². The summed E-state index contributed by atoms with van der Waals surface area (Å²) < 4.78 is 0. The minimum absolute atomic E-state index is 0.456. The van der Waals surface area contributed by atoms with Gasteiger partial charge in [0.1, 0.15) is 0 Å². The summed E-state index contributed by atoms with van der Waals surface area (Å²) in [6, 6.07) is 0.456. The zero-order chi connectivity index (χ0) is 23.2. The first kappa shape index (κ1) is 26.7. The maximum Gasteiger partial charge on any atom is 0.00389 e. The summed E-state index contributed by atoms with van der Waals surface area (Å²) in [5.74, 6) is 5.97. The highest BCUT2D eigenvalue weighted by molar-refractivity contribution is 7.81. The highest BCUT2D eigenvalue weighted by atomic mass is 32.1. The summed E-state index contributed by atoms with van der Waals surface area (Å²) in [4.78, 5) is 0. The van der Waals surface area contributed by atoms with E-state index < -0.39 is 0 Å². The number of rotatable bonds is 5. The quantitative estimate of drug-likeness (QED) is 0.240. The molecule has 9 atom stereocenters. The Labute approximate surface area is 216 Å². The molecule has 192 valence electrons. The van der Waals surface area contributed by atoms with E-state index in [-0.39, 0.29) is 0 Å². The molecule has 4 saturated carbocycles. The molecule has 0 radical (unpaired) electrons. The Hall–Kier alpha value is 0.620. The summed E-state index contributed by atoms with van der Waals surface area (Å²) in [5, 5.41) is 1.16. The summed E-state index contributed by atoms with van der Waals surface area (Å²) in [6.45, 7) is 0.898. The maximum absolute atomic E-state index is 6.41. The van der Waals surface area contributed by atoms with E-state index in [1.165, 1.54) is 116 Å². The van der Waals surface area contributed by atoms with Crippen LogP contribution in [0.2, 0.25) is 0 Å². The van der Waals surface area contributed by atoms with E-state index in [9.17, 15) is 0 Å². The molecular weight excluding hydrogens is 440 g/mol. The van der Waals surface area contributed by atoms with Crippen LogP contribution < -0.4 is 11.5 Å². The normalized spacial score (nSPS) is 43.3. The first-order valence-corrected chi connectivity index (χ1v) is 15.9. The van der Waals surface area contributed by atoms with E-state index in [0.717, 1.165) is 48.0 Å². The number of hydrogen-bond acceptors (Lipinski definition) is 4. The maximum atomic E-state index is 6.41. The average molecular weight is 495 g/mol. The molecule has 4 fully saturated rings. The van der Waals surface area contributed by atoms with Crippen LogP contribution in [0.3, 0.4) is 0 Å². The molecule has 2 nitrogen and oxygen atoms in total. The second-order valence-electron chi connectivity index (χ2n) is 12.8. The molecule has 4 heteroatoms. The number of hydrogen-bond donors (Lipinski definition) is 4. The molecule has 0 aliphatic heterocycles. The molecule has 0 aromatic carbocycles. The Kier molecular flexibility index (Phi) is 10.7. The van der Waals surface area contributed by atoms with Crippen LogP contribution in [0.5, 0.6) is 0 Å². The van der Waals surface area contributed by atoms with Crippen molar-refractivity contribution in [2.24, 2.45) is 52.9 Å². The average Bonchev–Trinajstić information content (AvgIpc) is 3.23. The van der Waals surface area contributed by atoms with E-state index in [1.54, 1.807) is 0 Å². The van der Waals surface area contributed by atoms with Crippen molar-refractivity contribution in [3.8, 4) is 0 Å². The fourth-order valence-electron chi connectivity index (χ4n) is 8.75. The Morgan fingerprint density at radius 1 is 0.545 bits per heavy atom. The molecule has 0 heterocycles. The molecule has 4 rings (SSSR count). The predicted octanol–water partition coefficient (Wildman–Crippen LogP) is 7.26. The van der Waals surface area contributed by atoms with Gasteiger partial charge in [0.05, 0.1) is 0 Å². The van der Waals surface area contributed by atoms with Gasteiger partial charge in [-0.05, 0) is 119 Å². The Bertz CT molecular complexity index is 566. The van der Waals surface area contributed by atoms with Crippen LogP contribution in [-0.2, 0) is 0 Å². The van der Waals surface area contributed by atoms with E-state index in [4.69, 9.17) is 36.7 Å². The fraction of sp³-hybridized carbons (Fsp3) is 1.00. The third kappa shape index (κ3) is 7.56. The first-order valence-electron chi connectivity index (χ1n) is 14.8. The van der Waals surface area contributed by atoms with Crippen molar-refractivity contribution >= 4 is 25.3 Å². The predicted molar refractivity (Wildman–Crippen MR) is 150 cm³/mol. The van der Waals surface area contributed by atoms with Gasteiger partial charge in [-0.15, -0.1) is 0 Å². The van der Waals surface area contributed by atoms with Gasteiger partial charge < -0.3 is 11.5 Å². The monoisotopic (exact) mass is 494 g/mol. The van der Waals surface area contributed by atoms with Crippen LogP contribution in [0, 0.1) is 41.4 Å². The molecular formula is C29H54N2S2. The van der Waals surface area contributed by atoms with Gasteiger partial charge in [-0.2, -0.15) is 25.3 Å². The molecule has 4 aliphatic rings. The Morgan fingerprint density at radius 3 is 1.79 bits per heavy atom. The van der Waals surface area contributed by atoms with Crippen molar-refractivity contribution in [2.75, 3.05) is 6.54 Å². The first-order chi connectivity index (χ1) is 16.0. The third-order valence-electron chi connectivity index (χ3n) is 10.6. The molecule has 4 N–H and O–H groups in total. The summed E-state index contributed by atoms with van der Waals surface area (Å²) in [5.41, 5.74) is 12.7. The lowest BCUT2D eigenvalue weighted by molar-refractivity contribution is 0.166. The van der Waals surface area contributed by atoms with Crippen molar-refractivity contribution in [2.45, 2.75) is 132 Å².